The molecule has 0 aliphatic carbocycles. The summed E-state index contributed by atoms with van der Waals surface area (Å²) in [5, 5.41) is -0.627. The van der Waals surface area contributed by atoms with Gasteiger partial charge in [-0.05, 0) is 36.8 Å². The smallest absolute Gasteiger partial charge is 0.287 e. The van der Waals surface area contributed by atoms with Crippen molar-refractivity contribution in [3.63, 3.8) is 0 Å². The van der Waals surface area contributed by atoms with Gasteiger partial charge in [0.2, 0.25) is 5.78 Å². The van der Waals surface area contributed by atoms with Crippen molar-refractivity contribution in [2.24, 2.45) is 0 Å². The van der Waals surface area contributed by atoms with Gasteiger partial charge in [0, 0.05) is 11.8 Å². The normalized spacial score (nSPS) is 11.9. The van der Waals surface area contributed by atoms with Crippen molar-refractivity contribution < 1.29 is 26.4 Å². The predicted molar refractivity (Wildman–Crippen MR) is 111 cm³/mol. The largest absolute Gasteiger partial charge is 0.417 e. The number of alkyl halides is 3. The highest BCUT2D eigenvalue weighted by Gasteiger charge is 2.34. The zero-order valence-electron chi connectivity index (χ0n) is 15.7. The first kappa shape index (κ1) is 23.1. The number of nitrogens with zero attached hydrogens (tertiary/aromatic N) is 1. The molecular formula is C20H13Cl2F3N2O3S. The van der Waals surface area contributed by atoms with Gasteiger partial charge in [-0.1, -0.05) is 47.5 Å². The second-order valence-electron chi connectivity index (χ2n) is 6.44. The number of pyridine rings is 1. The number of carbonyl (C=O) groups is 1. The third-order valence-corrected chi connectivity index (χ3v) is 6.16. The number of rotatable bonds is 5. The molecule has 1 N–H and O–H groups in total. The van der Waals surface area contributed by atoms with E-state index in [2.05, 4.69) is 9.71 Å². The highest BCUT2D eigenvalue weighted by molar-refractivity contribution is 7.92. The summed E-state index contributed by atoms with van der Waals surface area (Å²) in [6.45, 7) is 1.69. The Morgan fingerprint density at radius 1 is 1.06 bits per heavy atom. The van der Waals surface area contributed by atoms with E-state index in [9.17, 15) is 26.4 Å². The summed E-state index contributed by atoms with van der Waals surface area (Å²) in [7, 11) is -4.54. The SMILES string of the molecule is Cc1ccccc1C(=O)c1ncc(Cl)cc1NS(=O)(=O)c1ccc(Cl)c(C(F)(F)F)c1. The van der Waals surface area contributed by atoms with Crippen molar-refractivity contribution in [1.82, 2.24) is 4.98 Å². The third-order valence-electron chi connectivity index (χ3n) is 4.26. The molecule has 0 spiro atoms. The Morgan fingerprint density at radius 3 is 2.39 bits per heavy atom. The molecule has 11 heteroatoms. The second kappa shape index (κ2) is 8.49. The Morgan fingerprint density at radius 2 is 1.74 bits per heavy atom. The molecule has 3 rings (SSSR count). The number of anilines is 1. The van der Waals surface area contributed by atoms with Crippen molar-refractivity contribution >= 4 is 44.7 Å². The van der Waals surface area contributed by atoms with E-state index < -0.39 is 37.5 Å². The van der Waals surface area contributed by atoms with Crippen LogP contribution in [0.5, 0.6) is 0 Å². The molecule has 0 bridgehead atoms. The monoisotopic (exact) mass is 488 g/mol. The fraction of sp³-hybridized carbons (Fsp3) is 0.100. The molecule has 1 heterocycles. The standard InChI is InChI=1S/C20H13Cl2F3N2O3S/c1-11-4-2-3-5-14(11)19(28)18-17(8-12(21)10-26-18)27-31(29,30)13-6-7-16(22)15(9-13)20(23,24)25/h2-10,27H,1H3. The van der Waals surface area contributed by atoms with Gasteiger partial charge in [0.25, 0.3) is 10.0 Å². The predicted octanol–water partition coefficient (Wildman–Crippen LogP) is 5.75. The van der Waals surface area contributed by atoms with Crippen LogP contribution in [0.3, 0.4) is 0 Å². The number of aryl methyl sites for hydroxylation is 1. The maximum absolute atomic E-state index is 13.1. The molecule has 5 nitrogen and oxygen atoms in total. The van der Waals surface area contributed by atoms with E-state index in [4.69, 9.17) is 23.2 Å². The lowest BCUT2D eigenvalue weighted by Crippen LogP contribution is -2.18. The fourth-order valence-electron chi connectivity index (χ4n) is 2.75. The van der Waals surface area contributed by atoms with Crippen molar-refractivity contribution in [3.05, 3.63) is 87.2 Å². The molecule has 31 heavy (non-hydrogen) atoms. The summed E-state index contributed by atoms with van der Waals surface area (Å²) in [5.41, 5.74) is -0.928. The number of hydrogen-bond donors (Lipinski definition) is 1. The van der Waals surface area contributed by atoms with Crippen LogP contribution in [0.15, 0.2) is 59.6 Å². The maximum Gasteiger partial charge on any atom is 0.417 e. The number of benzene rings is 2. The van der Waals surface area contributed by atoms with Crippen LogP contribution in [0.1, 0.15) is 27.2 Å². The zero-order chi connectivity index (χ0) is 23.0. The summed E-state index contributed by atoms with van der Waals surface area (Å²) in [6.07, 6.45) is -3.69. The van der Waals surface area contributed by atoms with E-state index in [1.165, 1.54) is 0 Å². The van der Waals surface area contributed by atoms with Gasteiger partial charge >= 0.3 is 6.18 Å². The van der Waals surface area contributed by atoms with Crippen molar-refractivity contribution in [2.75, 3.05) is 4.72 Å². The first-order chi connectivity index (χ1) is 14.4. The summed E-state index contributed by atoms with van der Waals surface area (Å²) in [6, 6.07) is 9.90. The third kappa shape index (κ3) is 5.00. The number of hydrogen-bond acceptors (Lipinski definition) is 4. The summed E-state index contributed by atoms with van der Waals surface area (Å²) in [5.74, 6) is -0.584. The number of ketones is 1. The molecule has 1 aromatic heterocycles. The number of aromatic nitrogens is 1. The maximum atomic E-state index is 13.1. The first-order valence-electron chi connectivity index (χ1n) is 8.55. The molecule has 2 aromatic carbocycles. The molecule has 0 amide bonds. The lowest BCUT2D eigenvalue weighted by atomic mass is 10.0. The van der Waals surface area contributed by atoms with E-state index in [1.807, 2.05) is 0 Å². The number of halogens is 5. The minimum absolute atomic E-state index is 0.0196. The van der Waals surface area contributed by atoms with Crippen molar-refractivity contribution in [2.45, 2.75) is 18.0 Å². The molecule has 0 saturated carbocycles. The molecule has 162 valence electrons. The fourth-order valence-corrected chi connectivity index (χ4v) is 4.21. The quantitative estimate of drug-likeness (QED) is 0.464. The van der Waals surface area contributed by atoms with E-state index in [0.29, 0.717) is 11.6 Å². The van der Waals surface area contributed by atoms with Crippen LogP contribution in [-0.2, 0) is 16.2 Å². The van der Waals surface area contributed by atoms with Gasteiger partial charge in [-0.15, -0.1) is 0 Å². The molecular weight excluding hydrogens is 476 g/mol. The Kier molecular flexibility index (Phi) is 6.31. The highest BCUT2D eigenvalue weighted by Crippen LogP contribution is 2.36. The Hall–Kier alpha value is -2.62. The Balaban J connectivity index is 2.06. The van der Waals surface area contributed by atoms with Crippen LogP contribution >= 0.6 is 23.2 Å². The van der Waals surface area contributed by atoms with Gasteiger partial charge in [0.1, 0.15) is 5.69 Å². The molecule has 0 unspecified atom stereocenters. The van der Waals surface area contributed by atoms with Gasteiger partial charge < -0.3 is 0 Å². The second-order valence-corrected chi connectivity index (χ2v) is 8.96. The van der Waals surface area contributed by atoms with Crippen LogP contribution in [0.4, 0.5) is 18.9 Å². The van der Waals surface area contributed by atoms with Crippen molar-refractivity contribution in [3.8, 4) is 0 Å². The first-order valence-corrected chi connectivity index (χ1v) is 10.8. The number of nitrogens with one attached hydrogen (secondary N) is 1. The van der Waals surface area contributed by atoms with Crippen LogP contribution in [0.2, 0.25) is 10.0 Å². The van der Waals surface area contributed by atoms with Crippen LogP contribution < -0.4 is 4.72 Å². The van der Waals surface area contributed by atoms with Crippen LogP contribution in [0.25, 0.3) is 0 Å². The Labute approximate surface area is 185 Å². The lowest BCUT2D eigenvalue weighted by molar-refractivity contribution is -0.137. The molecule has 0 radical (unpaired) electrons. The molecule has 0 saturated heterocycles. The van der Waals surface area contributed by atoms with E-state index in [-0.39, 0.29) is 22.0 Å². The molecule has 0 aliphatic heterocycles. The Bertz CT molecular complexity index is 1280. The zero-order valence-corrected chi connectivity index (χ0v) is 18.0. The van der Waals surface area contributed by atoms with Crippen molar-refractivity contribution in [1.29, 1.82) is 0 Å². The van der Waals surface area contributed by atoms with Crippen LogP contribution in [-0.4, -0.2) is 19.2 Å². The summed E-state index contributed by atoms with van der Waals surface area (Å²) < 4.78 is 67.0. The van der Waals surface area contributed by atoms with E-state index >= 15 is 0 Å². The van der Waals surface area contributed by atoms with Crippen LogP contribution in [0, 0.1) is 6.92 Å². The van der Waals surface area contributed by atoms with Gasteiger partial charge in [0.15, 0.2) is 0 Å². The lowest BCUT2D eigenvalue weighted by Gasteiger charge is -2.14. The van der Waals surface area contributed by atoms with Gasteiger partial charge in [-0.2, -0.15) is 13.2 Å². The molecule has 0 atom stereocenters. The minimum Gasteiger partial charge on any atom is -0.287 e. The summed E-state index contributed by atoms with van der Waals surface area (Å²) in [4.78, 5) is 16.2. The molecule has 0 fully saturated rings. The topological polar surface area (TPSA) is 76.1 Å². The number of sulfonamides is 1. The average molecular weight is 489 g/mol. The highest BCUT2D eigenvalue weighted by atomic mass is 35.5. The molecule has 3 aromatic rings. The van der Waals surface area contributed by atoms with Gasteiger partial charge in [0.05, 0.1) is 26.2 Å². The van der Waals surface area contributed by atoms with Gasteiger partial charge in [-0.3, -0.25) is 9.52 Å². The average Bonchev–Trinajstić information content (AvgIpc) is 2.67. The van der Waals surface area contributed by atoms with E-state index in [0.717, 1.165) is 24.4 Å². The van der Waals surface area contributed by atoms with E-state index in [1.54, 1.807) is 31.2 Å². The summed E-state index contributed by atoms with van der Waals surface area (Å²) >= 11 is 11.5. The number of carbonyl (C=O) groups excluding carboxylic acids is 1. The van der Waals surface area contributed by atoms with Gasteiger partial charge in [-0.25, -0.2) is 13.4 Å². The molecule has 0 aliphatic rings. The minimum atomic E-state index is -4.85.